The van der Waals surface area contributed by atoms with E-state index in [0.717, 1.165) is 16.5 Å². The third-order valence-corrected chi connectivity index (χ3v) is 5.97. The summed E-state index contributed by atoms with van der Waals surface area (Å²) in [6.45, 7) is 2.25. The molecule has 0 saturated carbocycles. The van der Waals surface area contributed by atoms with Crippen LogP contribution in [-0.2, 0) is 30.8 Å². The molecule has 2 aromatic carbocycles. The smallest absolute Gasteiger partial charge is 0.278 e. The van der Waals surface area contributed by atoms with Crippen LogP contribution >= 0.6 is 11.6 Å². The SMILES string of the molecule is CCc1noc(Cn2cnc3c4ccccc4n(CC(=O)NCc4ccccc4Cl)c3c2=O)n1. The van der Waals surface area contributed by atoms with E-state index < -0.39 is 0 Å². The fourth-order valence-electron chi connectivity index (χ4n) is 3.90. The summed E-state index contributed by atoms with van der Waals surface area (Å²) in [5.74, 6) is 0.642. The van der Waals surface area contributed by atoms with E-state index in [2.05, 4.69) is 20.4 Å². The van der Waals surface area contributed by atoms with Crippen molar-refractivity contribution in [3.8, 4) is 0 Å². The average Bonchev–Trinajstić information content (AvgIpc) is 3.43. The number of halogens is 1. The number of aromatic nitrogens is 5. The maximum atomic E-state index is 13.5. The summed E-state index contributed by atoms with van der Waals surface area (Å²) < 4.78 is 8.34. The summed E-state index contributed by atoms with van der Waals surface area (Å²) in [5.41, 5.74) is 2.15. The molecule has 5 rings (SSSR count). The largest absolute Gasteiger partial charge is 0.350 e. The maximum absolute atomic E-state index is 13.5. The molecule has 0 unspecified atom stereocenters. The first-order valence-corrected chi connectivity index (χ1v) is 11.2. The molecule has 9 nitrogen and oxygen atoms in total. The van der Waals surface area contributed by atoms with Crippen LogP contribution in [0.25, 0.3) is 21.9 Å². The first kappa shape index (κ1) is 21.8. The predicted octanol–water partition coefficient (Wildman–Crippen LogP) is 3.31. The van der Waals surface area contributed by atoms with E-state index in [-0.39, 0.29) is 31.1 Å². The highest BCUT2D eigenvalue weighted by molar-refractivity contribution is 6.31. The van der Waals surface area contributed by atoms with E-state index in [9.17, 15) is 9.59 Å². The highest BCUT2D eigenvalue weighted by Gasteiger charge is 2.19. The van der Waals surface area contributed by atoms with Crippen LogP contribution in [0, 0.1) is 0 Å². The first-order valence-electron chi connectivity index (χ1n) is 10.8. The second-order valence-corrected chi connectivity index (χ2v) is 8.21. The Hall–Kier alpha value is -3.98. The van der Waals surface area contributed by atoms with E-state index in [1.54, 1.807) is 10.6 Å². The van der Waals surface area contributed by atoms with Gasteiger partial charge in [-0.2, -0.15) is 4.98 Å². The van der Waals surface area contributed by atoms with Gasteiger partial charge in [0, 0.05) is 23.4 Å². The van der Waals surface area contributed by atoms with Crippen LogP contribution in [-0.4, -0.2) is 30.2 Å². The predicted molar refractivity (Wildman–Crippen MR) is 128 cm³/mol. The van der Waals surface area contributed by atoms with Crippen molar-refractivity contribution in [1.29, 1.82) is 0 Å². The number of rotatable bonds is 7. The average molecular weight is 477 g/mol. The van der Waals surface area contributed by atoms with Crippen molar-refractivity contribution < 1.29 is 9.32 Å². The lowest BCUT2D eigenvalue weighted by atomic mass is 10.2. The summed E-state index contributed by atoms with van der Waals surface area (Å²) in [4.78, 5) is 35.1. The molecule has 0 atom stereocenters. The Morgan fingerprint density at radius 2 is 1.94 bits per heavy atom. The Labute approximate surface area is 199 Å². The van der Waals surface area contributed by atoms with Gasteiger partial charge >= 0.3 is 0 Å². The Balaban J connectivity index is 1.50. The van der Waals surface area contributed by atoms with E-state index >= 15 is 0 Å². The fourth-order valence-corrected chi connectivity index (χ4v) is 4.11. The lowest BCUT2D eigenvalue weighted by molar-refractivity contribution is -0.121. The number of nitrogens with one attached hydrogen (secondary N) is 1. The Kier molecular flexibility index (Phi) is 5.85. The number of fused-ring (bicyclic) bond motifs is 3. The molecule has 0 saturated heterocycles. The maximum Gasteiger partial charge on any atom is 0.278 e. The molecule has 3 heterocycles. The first-order chi connectivity index (χ1) is 16.5. The van der Waals surface area contributed by atoms with Crippen molar-refractivity contribution in [2.45, 2.75) is 33.0 Å². The summed E-state index contributed by atoms with van der Waals surface area (Å²) in [6.07, 6.45) is 2.10. The number of carbonyl (C=O) groups excluding carboxylic acids is 1. The lowest BCUT2D eigenvalue weighted by Crippen LogP contribution is -2.29. The van der Waals surface area contributed by atoms with Crippen molar-refractivity contribution in [2.75, 3.05) is 0 Å². The molecule has 0 radical (unpaired) electrons. The van der Waals surface area contributed by atoms with Crippen LogP contribution in [0.3, 0.4) is 0 Å². The minimum absolute atomic E-state index is 0.0457. The molecule has 172 valence electrons. The molecule has 1 N–H and O–H groups in total. The van der Waals surface area contributed by atoms with Gasteiger partial charge in [0.05, 0.1) is 11.8 Å². The molecular formula is C24H21ClN6O3. The highest BCUT2D eigenvalue weighted by Crippen LogP contribution is 2.25. The summed E-state index contributed by atoms with van der Waals surface area (Å²) >= 11 is 6.20. The van der Waals surface area contributed by atoms with Crippen molar-refractivity contribution in [3.05, 3.63) is 87.5 Å². The highest BCUT2D eigenvalue weighted by atomic mass is 35.5. The zero-order valence-corrected chi connectivity index (χ0v) is 19.1. The van der Waals surface area contributed by atoms with E-state index in [0.29, 0.717) is 34.2 Å². The molecule has 10 heteroatoms. The van der Waals surface area contributed by atoms with E-state index in [1.165, 1.54) is 10.9 Å². The number of amides is 1. The second kappa shape index (κ2) is 9.11. The molecular weight excluding hydrogens is 456 g/mol. The van der Waals surface area contributed by atoms with Crippen molar-refractivity contribution in [3.63, 3.8) is 0 Å². The van der Waals surface area contributed by atoms with Gasteiger partial charge in [-0.3, -0.25) is 14.2 Å². The number of hydrogen-bond acceptors (Lipinski definition) is 6. The van der Waals surface area contributed by atoms with Gasteiger partial charge in [-0.1, -0.05) is 60.1 Å². The van der Waals surface area contributed by atoms with Crippen molar-refractivity contribution in [2.24, 2.45) is 0 Å². The fraction of sp³-hybridized carbons (Fsp3) is 0.208. The van der Waals surface area contributed by atoms with Gasteiger partial charge in [-0.05, 0) is 17.7 Å². The van der Waals surface area contributed by atoms with Crippen molar-refractivity contribution >= 4 is 39.4 Å². The Morgan fingerprint density at radius 3 is 2.74 bits per heavy atom. The number of nitrogens with zero attached hydrogens (tertiary/aromatic N) is 5. The van der Waals surface area contributed by atoms with Gasteiger partial charge in [-0.25, -0.2) is 4.98 Å². The van der Waals surface area contributed by atoms with Gasteiger partial charge in [0.2, 0.25) is 11.8 Å². The van der Waals surface area contributed by atoms with Crippen LogP contribution in [0.4, 0.5) is 0 Å². The van der Waals surface area contributed by atoms with Gasteiger partial charge in [-0.15, -0.1) is 0 Å². The molecule has 0 aliphatic carbocycles. The zero-order chi connectivity index (χ0) is 23.7. The van der Waals surface area contributed by atoms with Gasteiger partial charge < -0.3 is 14.4 Å². The number of hydrogen-bond donors (Lipinski definition) is 1. The minimum Gasteiger partial charge on any atom is -0.350 e. The van der Waals surface area contributed by atoms with Gasteiger partial charge in [0.25, 0.3) is 5.56 Å². The molecule has 5 aromatic rings. The van der Waals surface area contributed by atoms with E-state index in [1.807, 2.05) is 49.4 Å². The number of para-hydroxylation sites is 1. The summed E-state index contributed by atoms with van der Waals surface area (Å²) in [5, 5.41) is 8.14. The minimum atomic E-state index is -0.295. The molecule has 3 aromatic heterocycles. The lowest BCUT2D eigenvalue weighted by Gasteiger charge is -2.10. The Bertz CT molecular complexity index is 1570. The molecule has 0 spiro atoms. The molecule has 0 fully saturated rings. The normalized spacial score (nSPS) is 11.4. The molecule has 0 aliphatic heterocycles. The van der Waals surface area contributed by atoms with Crippen LogP contribution in [0.1, 0.15) is 24.2 Å². The molecule has 34 heavy (non-hydrogen) atoms. The third kappa shape index (κ3) is 4.06. The second-order valence-electron chi connectivity index (χ2n) is 7.80. The topological polar surface area (TPSA) is 108 Å². The zero-order valence-electron chi connectivity index (χ0n) is 18.4. The summed E-state index contributed by atoms with van der Waals surface area (Å²) in [7, 11) is 0. The summed E-state index contributed by atoms with van der Waals surface area (Å²) in [6, 6.07) is 14.8. The standard InChI is InChI=1S/C24H21ClN6O3/c1-2-19-28-21(34-29-19)13-30-14-27-22-16-8-4-6-10-18(16)31(23(22)24(30)33)12-20(32)26-11-15-7-3-5-9-17(15)25/h3-10,14H,2,11-13H2,1H3,(H,26,32). The van der Waals surface area contributed by atoms with Gasteiger partial charge in [0.15, 0.2) is 5.82 Å². The quantitative estimate of drug-likeness (QED) is 0.386. The number of benzene rings is 2. The molecule has 0 bridgehead atoms. The number of aryl methyl sites for hydroxylation is 1. The van der Waals surface area contributed by atoms with Crippen LogP contribution in [0.15, 0.2) is 64.2 Å². The van der Waals surface area contributed by atoms with Crippen LogP contribution in [0.2, 0.25) is 5.02 Å². The Morgan fingerprint density at radius 1 is 1.15 bits per heavy atom. The van der Waals surface area contributed by atoms with Crippen molar-refractivity contribution in [1.82, 2.24) is 29.6 Å². The third-order valence-electron chi connectivity index (χ3n) is 5.60. The van der Waals surface area contributed by atoms with Gasteiger partial charge in [0.1, 0.15) is 24.1 Å². The van der Waals surface area contributed by atoms with Crippen LogP contribution < -0.4 is 10.9 Å². The monoisotopic (exact) mass is 476 g/mol. The van der Waals surface area contributed by atoms with E-state index in [4.69, 9.17) is 16.1 Å². The number of carbonyl (C=O) groups is 1. The molecule has 0 aliphatic rings. The molecule has 1 amide bonds. The van der Waals surface area contributed by atoms with Crippen LogP contribution in [0.5, 0.6) is 0 Å².